The molecule has 0 saturated carbocycles. The largest absolute Gasteiger partial charge is 0.356 e. The first-order valence-corrected chi connectivity index (χ1v) is 9.82. The van der Waals surface area contributed by atoms with Gasteiger partial charge in [-0.15, -0.1) is 0 Å². The fourth-order valence-corrected chi connectivity index (χ4v) is 3.70. The standard InChI is InChI=1S/C18H32N4S/c1-6-15-11-17(20-13-19-15)22-9-7-16(8-10-22)21-14(2)12-23-18(3,4)5/h11,13-14,16,21H,6-10,12H2,1-5H3/t14-/m1/s1. The van der Waals surface area contributed by atoms with Crippen LogP contribution >= 0.6 is 11.8 Å². The molecule has 0 radical (unpaired) electrons. The molecule has 130 valence electrons. The van der Waals surface area contributed by atoms with Crippen LogP contribution in [-0.4, -0.2) is 45.6 Å². The van der Waals surface area contributed by atoms with Crippen LogP contribution in [0, 0.1) is 0 Å². The number of thioether (sulfide) groups is 1. The molecule has 0 unspecified atom stereocenters. The monoisotopic (exact) mass is 336 g/mol. The van der Waals surface area contributed by atoms with Gasteiger partial charge in [0.05, 0.1) is 0 Å². The number of hydrogen-bond donors (Lipinski definition) is 1. The van der Waals surface area contributed by atoms with Crippen LogP contribution in [0.15, 0.2) is 12.4 Å². The van der Waals surface area contributed by atoms with E-state index in [2.05, 4.69) is 60.9 Å². The molecular formula is C18H32N4S. The smallest absolute Gasteiger partial charge is 0.132 e. The number of aryl methyl sites for hydroxylation is 1. The molecule has 4 nitrogen and oxygen atoms in total. The first-order chi connectivity index (χ1) is 10.9. The van der Waals surface area contributed by atoms with E-state index in [1.807, 2.05) is 11.8 Å². The number of hydrogen-bond acceptors (Lipinski definition) is 5. The van der Waals surface area contributed by atoms with E-state index in [4.69, 9.17) is 0 Å². The maximum atomic E-state index is 4.44. The second-order valence-electron chi connectivity index (χ2n) is 7.47. The van der Waals surface area contributed by atoms with Crippen LogP contribution in [-0.2, 0) is 6.42 Å². The zero-order valence-corrected chi connectivity index (χ0v) is 16.1. The Balaban J connectivity index is 1.77. The van der Waals surface area contributed by atoms with Crippen LogP contribution in [0.2, 0.25) is 0 Å². The van der Waals surface area contributed by atoms with Crippen LogP contribution in [0.25, 0.3) is 0 Å². The Morgan fingerprint density at radius 3 is 2.61 bits per heavy atom. The minimum Gasteiger partial charge on any atom is -0.356 e. The maximum Gasteiger partial charge on any atom is 0.132 e. The molecule has 1 fully saturated rings. The lowest BCUT2D eigenvalue weighted by Crippen LogP contribution is -2.46. The molecule has 0 aliphatic carbocycles. The van der Waals surface area contributed by atoms with E-state index in [0.717, 1.165) is 31.0 Å². The summed E-state index contributed by atoms with van der Waals surface area (Å²) in [5, 5.41) is 3.81. The third-order valence-corrected chi connectivity index (χ3v) is 5.71. The molecule has 1 aromatic heterocycles. The summed E-state index contributed by atoms with van der Waals surface area (Å²) < 4.78 is 0.350. The summed E-state index contributed by atoms with van der Waals surface area (Å²) in [5.74, 6) is 2.27. The van der Waals surface area contributed by atoms with Gasteiger partial charge in [0, 0.05) is 47.4 Å². The number of aromatic nitrogens is 2. The highest BCUT2D eigenvalue weighted by Gasteiger charge is 2.22. The summed E-state index contributed by atoms with van der Waals surface area (Å²) in [4.78, 5) is 11.1. The molecule has 1 aliphatic heterocycles. The van der Waals surface area contributed by atoms with Crippen molar-refractivity contribution in [3.63, 3.8) is 0 Å². The van der Waals surface area contributed by atoms with Crippen molar-refractivity contribution in [3.8, 4) is 0 Å². The Morgan fingerprint density at radius 1 is 1.30 bits per heavy atom. The van der Waals surface area contributed by atoms with Crippen LogP contribution in [0.3, 0.4) is 0 Å². The molecule has 0 amide bonds. The summed E-state index contributed by atoms with van der Waals surface area (Å²) in [6.07, 6.45) is 5.05. The fourth-order valence-electron chi connectivity index (χ4n) is 2.85. The first kappa shape index (κ1) is 18.5. The van der Waals surface area contributed by atoms with Gasteiger partial charge >= 0.3 is 0 Å². The molecule has 1 atom stereocenters. The highest BCUT2D eigenvalue weighted by molar-refractivity contribution is 8.00. The number of nitrogens with zero attached hydrogens (tertiary/aromatic N) is 3. The normalized spacial score (nSPS) is 18.2. The third-order valence-electron chi connectivity index (χ3n) is 4.18. The van der Waals surface area contributed by atoms with E-state index in [1.165, 1.54) is 18.6 Å². The molecule has 0 spiro atoms. The van der Waals surface area contributed by atoms with E-state index in [9.17, 15) is 0 Å². The predicted molar refractivity (Wildman–Crippen MR) is 101 cm³/mol. The maximum absolute atomic E-state index is 4.44. The van der Waals surface area contributed by atoms with Gasteiger partial charge in [0.1, 0.15) is 12.1 Å². The SMILES string of the molecule is CCc1cc(N2CCC(N[C@H](C)CSC(C)(C)C)CC2)ncn1. The molecule has 0 aromatic carbocycles. The fraction of sp³-hybridized carbons (Fsp3) is 0.778. The van der Waals surface area contributed by atoms with Gasteiger partial charge in [0.15, 0.2) is 0 Å². The van der Waals surface area contributed by atoms with Crippen molar-refractivity contribution < 1.29 is 0 Å². The van der Waals surface area contributed by atoms with E-state index in [0.29, 0.717) is 16.8 Å². The first-order valence-electron chi connectivity index (χ1n) is 8.83. The molecule has 1 aromatic rings. The van der Waals surface area contributed by atoms with Crippen molar-refractivity contribution in [1.29, 1.82) is 0 Å². The molecule has 5 heteroatoms. The Kier molecular flexibility index (Phi) is 6.72. The molecule has 23 heavy (non-hydrogen) atoms. The minimum absolute atomic E-state index is 0.350. The Hall–Kier alpha value is -0.810. The number of rotatable bonds is 6. The van der Waals surface area contributed by atoms with Crippen LogP contribution in [0.5, 0.6) is 0 Å². The zero-order valence-electron chi connectivity index (χ0n) is 15.3. The average molecular weight is 337 g/mol. The van der Waals surface area contributed by atoms with Gasteiger partial charge < -0.3 is 10.2 Å². The van der Waals surface area contributed by atoms with Crippen LogP contribution in [0.4, 0.5) is 5.82 Å². The summed E-state index contributed by atoms with van der Waals surface area (Å²) in [7, 11) is 0. The molecule has 0 bridgehead atoms. The van der Waals surface area contributed by atoms with Gasteiger partial charge in [-0.2, -0.15) is 11.8 Å². The van der Waals surface area contributed by atoms with E-state index in [-0.39, 0.29) is 0 Å². The van der Waals surface area contributed by atoms with Crippen molar-refractivity contribution in [3.05, 3.63) is 18.1 Å². The summed E-state index contributed by atoms with van der Waals surface area (Å²) in [6, 6.07) is 3.34. The summed E-state index contributed by atoms with van der Waals surface area (Å²) in [5.41, 5.74) is 1.13. The highest BCUT2D eigenvalue weighted by atomic mass is 32.2. The van der Waals surface area contributed by atoms with Gasteiger partial charge in [-0.3, -0.25) is 0 Å². The van der Waals surface area contributed by atoms with Gasteiger partial charge in [-0.05, 0) is 26.2 Å². The molecule has 2 heterocycles. The van der Waals surface area contributed by atoms with Crippen molar-refractivity contribution in [2.45, 2.75) is 70.7 Å². The zero-order chi connectivity index (χ0) is 16.9. The topological polar surface area (TPSA) is 41.0 Å². The van der Waals surface area contributed by atoms with Gasteiger partial charge in [-0.25, -0.2) is 9.97 Å². The Bertz CT molecular complexity index is 478. The predicted octanol–water partition coefficient (Wildman–Crippen LogP) is 3.52. The lowest BCUT2D eigenvalue weighted by molar-refractivity contribution is 0.388. The second kappa shape index (κ2) is 8.34. The lowest BCUT2D eigenvalue weighted by atomic mass is 10.0. The number of nitrogens with one attached hydrogen (secondary N) is 1. The highest BCUT2D eigenvalue weighted by Crippen LogP contribution is 2.24. The van der Waals surface area contributed by atoms with Crippen molar-refractivity contribution in [1.82, 2.24) is 15.3 Å². The van der Waals surface area contributed by atoms with E-state index >= 15 is 0 Å². The molecule has 2 rings (SSSR count). The summed E-state index contributed by atoms with van der Waals surface area (Å²) in [6.45, 7) is 13.5. The molecule has 1 aliphatic rings. The van der Waals surface area contributed by atoms with E-state index < -0.39 is 0 Å². The van der Waals surface area contributed by atoms with Crippen molar-refractivity contribution >= 4 is 17.6 Å². The lowest BCUT2D eigenvalue weighted by Gasteiger charge is -2.35. The average Bonchev–Trinajstić information content (AvgIpc) is 2.53. The van der Waals surface area contributed by atoms with Crippen molar-refractivity contribution in [2.75, 3.05) is 23.7 Å². The molecule has 1 saturated heterocycles. The quantitative estimate of drug-likeness (QED) is 0.861. The van der Waals surface area contributed by atoms with E-state index in [1.54, 1.807) is 6.33 Å². The number of piperidine rings is 1. The number of anilines is 1. The van der Waals surface area contributed by atoms with Gasteiger partial charge in [-0.1, -0.05) is 27.7 Å². The third kappa shape index (κ3) is 6.30. The minimum atomic E-state index is 0.350. The van der Waals surface area contributed by atoms with Crippen LogP contribution in [0.1, 0.15) is 53.2 Å². The molecular weight excluding hydrogens is 304 g/mol. The Labute approximate surface area is 145 Å². The Morgan fingerprint density at radius 2 is 2.00 bits per heavy atom. The van der Waals surface area contributed by atoms with Crippen molar-refractivity contribution in [2.24, 2.45) is 0 Å². The summed E-state index contributed by atoms with van der Waals surface area (Å²) >= 11 is 2.04. The van der Waals surface area contributed by atoms with Gasteiger partial charge in [0.25, 0.3) is 0 Å². The van der Waals surface area contributed by atoms with Crippen LogP contribution < -0.4 is 10.2 Å². The second-order valence-corrected chi connectivity index (χ2v) is 9.32. The van der Waals surface area contributed by atoms with Gasteiger partial charge in [0.2, 0.25) is 0 Å². The molecule has 1 N–H and O–H groups in total.